The highest BCUT2D eigenvalue weighted by molar-refractivity contribution is 6.07. The van der Waals surface area contributed by atoms with Crippen molar-refractivity contribution >= 4 is 11.9 Å². The van der Waals surface area contributed by atoms with Gasteiger partial charge in [-0.1, -0.05) is 18.2 Å². The van der Waals surface area contributed by atoms with Crippen molar-refractivity contribution in [1.82, 2.24) is 10.2 Å². The van der Waals surface area contributed by atoms with E-state index in [4.69, 9.17) is 4.74 Å². The quantitative estimate of drug-likeness (QED) is 0.852. The number of ether oxygens (including phenoxy) is 1. The van der Waals surface area contributed by atoms with Crippen LogP contribution in [0.25, 0.3) is 0 Å². The molecule has 0 saturated carbocycles. The van der Waals surface area contributed by atoms with Crippen LogP contribution in [0, 0.1) is 11.6 Å². The molecule has 3 amide bonds. The Balaban J connectivity index is 1.71. The number of hydrogen-bond acceptors (Lipinski definition) is 3. The lowest BCUT2D eigenvalue weighted by Gasteiger charge is -2.33. The van der Waals surface area contributed by atoms with Gasteiger partial charge < -0.3 is 10.1 Å². The summed E-state index contributed by atoms with van der Waals surface area (Å²) < 4.78 is 32.8. The molecule has 2 aromatic rings. The second-order valence-corrected chi connectivity index (χ2v) is 6.06. The van der Waals surface area contributed by atoms with Crippen molar-refractivity contribution in [2.75, 3.05) is 6.61 Å². The first-order chi connectivity index (χ1) is 12.0. The Morgan fingerprint density at radius 2 is 1.96 bits per heavy atom. The molecular weight excluding hydrogens is 330 g/mol. The van der Waals surface area contributed by atoms with Crippen LogP contribution in [-0.4, -0.2) is 23.4 Å². The number of halogens is 2. The van der Waals surface area contributed by atoms with Gasteiger partial charge >= 0.3 is 6.03 Å². The van der Waals surface area contributed by atoms with Crippen molar-refractivity contribution in [3.05, 3.63) is 65.2 Å². The number of para-hydroxylation sites is 1. The Morgan fingerprint density at radius 3 is 2.80 bits per heavy atom. The summed E-state index contributed by atoms with van der Waals surface area (Å²) in [6.07, 6.45) is 0.275. The molecule has 2 aromatic carbocycles. The molecule has 2 aliphatic heterocycles. The van der Waals surface area contributed by atoms with E-state index in [9.17, 15) is 18.4 Å². The average molecular weight is 344 g/mol. The van der Waals surface area contributed by atoms with Crippen molar-refractivity contribution in [1.29, 1.82) is 0 Å². The molecule has 1 fully saturated rings. The first-order valence-electron chi connectivity index (χ1n) is 7.81. The first kappa shape index (κ1) is 15.6. The predicted octanol–water partition coefficient (Wildman–Crippen LogP) is 2.69. The topological polar surface area (TPSA) is 58.6 Å². The third-order valence-electron chi connectivity index (χ3n) is 4.59. The van der Waals surface area contributed by atoms with Crippen molar-refractivity contribution in [3.63, 3.8) is 0 Å². The number of urea groups is 1. The monoisotopic (exact) mass is 344 g/mol. The maximum absolute atomic E-state index is 13.9. The fourth-order valence-corrected chi connectivity index (χ4v) is 3.35. The van der Waals surface area contributed by atoms with E-state index in [0.717, 1.165) is 23.1 Å². The van der Waals surface area contributed by atoms with E-state index in [-0.39, 0.29) is 25.1 Å². The van der Waals surface area contributed by atoms with Gasteiger partial charge in [-0.3, -0.25) is 9.69 Å². The largest absolute Gasteiger partial charge is 0.493 e. The summed E-state index contributed by atoms with van der Waals surface area (Å²) >= 11 is 0. The third-order valence-corrected chi connectivity index (χ3v) is 4.59. The second kappa shape index (κ2) is 5.54. The molecule has 4 rings (SSSR count). The van der Waals surface area contributed by atoms with Crippen molar-refractivity contribution < 1.29 is 23.1 Å². The van der Waals surface area contributed by atoms with Gasteiger partial charge in [0.15, 0.2) is 5.54 Å². The molecule has 0 radical (unpaired) electrons. The summed E-state index contributed by atoms with van der Waals surface area (Å²) in [5.41, 5.74) is -0.710. The van der Waals surface area contributed by atoms with Gasteiger partial charge in [0, 0.05) is 17.5 Å². The van der Waals surface area contributed by atoms with Crippen LogP contribution in [0.1, 0.15) is 17.5 Å². The number of benzene rings is 2. The van der Waals surface area contributed by atoms with Crippen LogP contribution >= 0.6 is 0 Å². The minimum absolute atomic E-state index is 0.0547. The van der Waals surface area contributed by atoms with E-state index in [0.29, 0.717) is 11.3 Å². The molecule has 5 nitrogen and oxygen atoms in total. The van der Waals surface area contributed by atoms with Gasteiger partial charge in [-0.25, -0.2) is 13.6 Å². The molecule has 25 heavy (non-hydrogen) atoms. The van der Waals surface area contributed by atoms with Crippen molar-refractivity contribution in [2.45, 2.75) is 18.5 Å². The van der Waals surface area contributed by atoms with E-state index < -0.39 is 29.1 Å². The average Bonchev–Trinajstić information content (AvgIpc) is 2.83. The molecule has 2 heterocycles. The van der Waals surface area contributed by atoms with Crippen LogP contribution in [0.2, 0.25) is 0 Å². The van der Waals surface area contributed by atoms with Crippen LogP contribution in [0.5, 0.6) is 5.75 Å². The lowest BCUT2D eigenvalue weighted by Crippen LogP contribution is -2.47. The number of imide groups is 1. The zero-order chi connectivity index (χ0) is 17.6. The summed E-state index contributed by atoms with van der Waals surface area (Å²) in [4.78, 5) is 26.3. The number of carbonyl (C=O) groups excluding carboxylic acids is 2. The Labute approximate surface area is 142 Å². The fraction of sp³-hybridized carbons (Fsp3) is 0.222. The van der Waals surface area contributed by atoms with Crippen LogP contribution in [0.4, 0.5) is 13.6 Å². The van der Waals surface area contributed by atoms with E-state index in [2.05, 4.69) is 5.32 Å². The number of carbonyl (C=O) groups is 2. The maximum Gasteiger partial charge on any atom is 0.325 e. The summed E-state index contributed by atoms with van der Waals surface area (Å²) in [7, 11) is 0. The number of fused-ring (bicyclic) bond motifs is 2. The van der Waals surface area contributed by atoms with Crippen molar-refractivity contribution in [2.24, 2.45) is 0 Å². The molecule has 0 aromatic heterocycles. The van der Waals surface area contributed by atoms with Gasteiger partial charge in [0.1, 0.15) is 17.4 Å². The van der Waals surface area contributed by atoms with Crippen molar-refractivity contribution in [3.8, 4) is 5.75 Å². The van der Waals surface area contributed by atoms with Crippen LogP contribution in [0.3, 0.4) is 0 Å². The Hall–Kier alpha value is -2.96. The molecule has 0 aliphatic carbocycles. The van der Waals surface area contributed by atoms with Crippen LogP contribution in [-0.2, 0) is 16.9 Å². The molecule has 1 saturated heterocycles. The summed E-state index contributed by atoms with van der Waals surface area (Å²) in [6.45, 7) is -0.0652. The third kappa shape index (κ3) is 2.34. The zero-order valence-corrected chi connectivity index (χ0v) is 13.1. The molecular formula is C18H14F2N2O3. The summed E-state index contributed by atoms with van der Waals surface area (Å²) in [6, 6.07) is 9.29. The number of nitrogens with one attached hydrogen (secondary N) is 1. The van der Waals surface area contributed by atoms with Gasteiger partial charge in [0.25, 0.3) is 5.91 Å². The van der Waals surface area contributed by atoms with Gasteiger partial charge in [-0.15, -0.1) is 0 Å². The first-order valence-corrected chi connectivity index (χ1v) is 7.81. The molecule has 1 N–H and O–H groups in total. The summed E-state index contributed by atoms with van der Waals surface area (Å²) in [5.74, 6) is -1.26. The molecule has 1 atom stereocenters. The normalized spacial score (nSPS) is 21.9. The SMILES string of the molecule is O=C1N[C@@]2(CCOc3ccccc32)C(=O)N1Cc1cc(F)ccc1F. The van der Waals surface area contributed by atoms with Gasteiger partial charge in [0.05, 0.1) is 13.2 Å². The van der Waals surface area contributed by atoms with Gasteiger partial charge in [-0.05, 0) is 24.3 Å². The van der Waals surface area contributed by atoms with E-state index in [1.807, 2.05) is 0 Å². The number of amides is 3. The highest BCUT2D eigenvalue weighted by atomic mass is 19.1. The lowest BCUT2D eigenvalue weighted by molar-refractivity contribution is -0.133. The minimum atomic E-state index is -1.23. The number of hydrogen-bond donors (Lipinski definition) is 1. The maximum atomic E-state index is 13.9. The Morgan fingerprint density at radius 1 is 1.16 bits per heavy atom. The lowest BCUT2D eigenvalue weighted by atomic mass is 9.84. The molecule has 7 heteroatoms. The number of nitrogens with zero attached hydrogens (tertiary/aromatic N) is 1. The second-order valence-electron chi connectivity index (χ2n) is 6.06. The zero-order valence-electron chi connectivity index (χ0n) is 13.1. The molecule has 0 unspecified atom stereocenters. The van der Waals surface area contributed by atoms with E-state index in [1.54, 1.807) is 24.3 Å². The van der Waals surface area contributed by atoms with E-state index >= 15 is 0 Å². The molecule has 2 aliphatic rings. The molecule has 128 valence electrons. The van der Waals surface area contributed by atoms with Crippen LogP contribution < -0.4 is 10.1 Å². The van der Waals surface area contributed by atoms with Gasteiger partial charge in [0.2, 0.25) is 0 Å². The molecule has 1 spiro atoms. The Kier molecular flexibility index (Phi) is 3.45. The van der Waals surface area contributed by atoms with Gasteiger partial charge in [-0.2, -0.15) is 0 Å². The smallest absolute Gasteiger partial charge is 0.325 e. The van der Waals surface area contributed by atoms with Crippen LogP contribution in [0.15, 0.2) is 42.5 Å². The predicted molar refractivity (Wildman–Crippen MR) is 83.7 cm³/mol. The highest BCUT2D eigenvalue weighted by Crippen LogP contribution is 2.41. The standard InChI is InChI=1S/C18H14F2N2O3/c19-12-5-6-14(20)11(9-12)10-22-16(23)18(21-17(22)24)7-8-25-15-4-2-1-3-13(15)18/h1-6,9H,7-8,10H2,(H,21,24)/t18-/m1/s1. The Bertz CT molecular complexity index is 886. The fourth-order valence-electron chi connectivity index (χ4n) is 3.35. The molecule has 0 bridgehead atoms. The minimum Gasteiger partial charge on any atom is -0.493 e. The van der Waals surface area contributed by atoms with E-state index in [1.165, 1.54) is 0 Å². The number of rotatable bonds is 2. The summed E-state index contributed by atoms with van der Waals surface area (Å²) in [5, 5.41) is 2.72. The highest BCUT2D eigenvalue weighted by Gasteiger charge is 2.54.